The molecular weight excluding hydrogens is 346 g/mol. The SMILES string of the molecule is COc1cc(C2SCCS2)ccc1OC(=O)[C@H](NC(C)=O)C(C)C. The number of hydrogen-bond donors (Lipinski definition) is 1. The summed E-state index contributed by atoms with van der Waals surface area (Å²) in [4.78, 5) is 23.7. The number of benzene rings is 1. The van der Waals surface area contributed by atoms with Crippen molar-refractivity contribution in [3.63, 3.8) is 0 Å². The molecule has 0 radical (unpaired) electrons. The van der Waals surface area contributed by atoms with Crippen LogP contribution in [-0.4, -0.2) is 36.5 Å². The third kappa shape index (κ3) is 4.83. The van der Waals surface area contributed by atoms with Crippen LogP contribution >= 0.6 is 23.5 Å². The van der Waals surface area contributed by atoms with Gasteiger partial charge in [0.2, 0.25) is 5.91 Å². The third-order valence-electron chi connectivity index (χ3n) is 3.57. The van der Waals surface area contributed by atoms with Crippen molar-refractivity contribution in [1.29, 1.82) is 0 Å². The summed E-state index contributed by atoms with van der Waals surface area (Å²) in [6, 6.07) is 4.95. The van der Waals surface area contributed by atoms with E-state index in [0.717, 1.165) is 17.1 Å². The Morgan fingerprint density at radius 3 is 2.42 bits per heavy atom. The van der Waals surface area contributed by atoms with Crippen LogP contribution < -0.4 is 14.8 Å². The molecule has 0 saturated carbocycles. The van der Waals surface area contributed by atoms with Gasteiger partial charge in [-0.15, -0.1) is 23.5 Å². The molecule has 1 atom stereocenters. The maximum absolute atomic E-state index is 12.4. The molecule has 0 unspecified atom stereocenters. The topological polar surface area (TPSA) is 64.6 Å². The number of methoxy groups -OCH3 is 1. The highest BCUT2D eigenvalue weighted by atomic mass is 32.2. The molecule has 5 nitrogen and oxygen atoms in total. The molecule has 1 fully saturated rings. The number of hydrogen-bond acceptors (Lipinski definition) is 6. The molecule has 0 aromatic heterocycles. The monoisotopic (exact) mass is 369 g/mol. The van der Waals surface area contributed by atoms with E-state index in [1.54, 1.807) is 13.2 Å². The lowest BCUT2D eigenvalue weighted by Crippen LogP contribution is -2.45. The van der Waals surface area contributed by atoms with Gasteiger partial charge >= 0.3 is 5.97 Å². The lowest BCUT2D eigenvalue weighted by molar-refractivity contribution is -0.140. The van der Waals surface area contributed by atoms with Crippen molar-refractivity contribution >= 4 is 35.4 Å². The normalized spacial score (nSPS) is 16.0. The van der Waals surface area contributed by atoms with Gasteiger partial charge in [0.25, 0.3) is 0 Å². The van der Waals surface area contributed by atoms with Gasteiger partial charge in [-0.3, -0.25) is 4.79 Å². The minimum Gasteiger partial charge on any atom is -0.493 e. The highest BCUT2D eigenvalue weighted by Gasteiger charge is 2.26. The predicted octanol–water partition coefficient (Wildman–Crippen LogP) is 3.24. The fourth-order valence-electron chi connectivity index (χ4n) is 2.35. The lowest BCUT2D eigenvalue weighted by atomic mass is 10.0. The Bertz CT molecular complexity index is 600. The second-order valence-electron chi connectivity index (χ2n) is 5.83. The Labute approximate surface area is 151 Å². The molecule has 1 aromatic rings. The number of amides is 1. The average Bonchev–Trinajstić information content (AvgIpc) is 3.06. The van der Waals surface area contributed by atoms with Crippen LogP contribution in [0.1, 0.15) is 30.9 Å². The number of esters is 1. The van der Waals surface area contributed by atoms with E-state index in [2.05, 4.69) is 5.32 Å². The van der Waals surface area contributed by atoms with Gasteiger partial charge < -0.3 is 14.8 Å². The van der Waals surface area contributed by atoms with E-state index in [1.165, 1.54) is 6.92 Å². The molecule has 1 aliphatic rings. The molecule has 132 valence electrons. The fraction of sp³-hybridized carbons (Fsp3) is 0.529. The Morgan fingerprint density at radius 1 is 1.21 bits per heavy atom. The lowest BCUT2D eigenvalue weighted by Gasteiger charge is -2.21. The van der Waals surface area contributed by atoms with Crippen LogP contribution in [0.2, 0.25) is 0 Å². The summed E-state index contributed by atoms with van der Waals surface area (Å²) in [5, 5.41) is 2.63. The van der Waals surface area contributed by atoms with E-state index in [9.17, 15) is 9.59 Å². The van der Waals surface area contributed by atoms with Crippen molar-refractivity contribution in [3.8, 4) is 11.5 Å². The fourth-order valence-corrected chi connectivity index (χ4v) is 5.19. The van der Waals surface area contributed by atoms with Crippen molar-refractivity contribution in [2.24, 2.45) is 5.92 Å². The van der Waals surface area contributed by atoms with Crippen molar-refractivity contribution in [2.75, 3.05) is 18.6 Å². The Balaban J connectivity index is 2.15. The van der Waals surface area contributed by atoms with Crippen molar-refractivity contribution in [3.05, 3.63) is 23.8 Å². The molecule has 24 heavy (non-hydrogen) atoms. The molecule has 7 heteroatoms. The first-order valence-electron chi connectivity index (χ1n) is 7.82. The number of nitrogens with one attached hydrogen (secondary N) is 1. The van der Waals surface area contributed by atoms with Crippen LogP contribution in [0.5, 0.6) is 11.5 Å². The van der Waals surface area contributed by atoms with Gasteiger partial charge in [0.15, 0.2) is 11.5 Å². The van der Waals surface area contributed by atoms with Crippen LogP contribution in [0.3, 0.4) is 0 Å². The van der Waals surface area contributed by atoms with E-state index in [-0.39, 0.29) is 11.8 Å². The zero-order valence-electron chi connectivity index (χ0n) is 14.3. The number of thioether (sulfide) groups is 2. The Kier molecular flexibility index (Phi) is 6.86. The molecule has 0 aliphatic carbocycles. The average molecular weight is 370 g/mol. The van der Waals surface area contributed by atoms with Gasteiger partial charge in [-0.1, -0.05) is 19.9 Å². The first-order chi connectivity index (χ1) is 11.4. The zero-order valence-corrected chi connectivity index (χ0v) is 16.0. The first kappa shape index (κ1) is 19.0. The van der Waals surface area contributed by atoms with Crippen molar-refractivity contribution in [1.82, 2.24) is 5.32 Å². The van der Waals surface area contributed by atoms with Gasteiger partial charge in [-0.25, -0.2) is 4.79 Å². The van der Waals surface area contributed by atoms with Gasteiger partial charge in [0.05, 0.1) is 11.7 Å². The molecule has 1 saturated heterocycles. The number of carbonyl (C=O) groups is 2. The van der Waals surface area contributed by atoms with Crippen molar-refractivity contribution in [2.45, 2.75) is 31.4 Å². The third-order valence-corrected chi connectivity index (χ3v) is 6.68. The summed E-state index contributed by atoms with van der Waals surface area (Å²) < 4.78 is 11.3. The molecule has 0 bridgehead atoms. The molecule has 1 N–H and O–H groups in total. The van der Waals surface area contributed by atoms with Gasteiger partial charge in [0.1, 0.15) is 6.04 Å². The second kappa shape index (κ2) is 8.67. The molecule has 2 rings (SSSR count). The van der Waals surface area contributed by atoms with E-state index in [1.807, 2.05) is 49.5 Å². The van der Waals surface area contributed by atoms with Crippen LogP contribution in [0.15, 0.2) is 18.2 Å². The van der Waals surface area contributed by atoms with Gasteiger partial charge in [-0.2, -0.15) is 0 Å². The summed E-state index contributed by atoms with van der Waals surface area (Å²) in [7, 11) is 1.55. The summed E-state index contributed by atoms with van der Waals surface area (Å²) >= 11 is 3.80. The van der Waals surface area contributed by atoms with Gasteiger partial charge in [-0.05, 0) is 23.6 Å². The summed E-state index contributed by atoms with van der Waals surface area (Å²) in [5.74, 6) is 2.36. The van der Waals surface area contributed by atoms with E-state index in [0.29, 0.717) is 16.1 Å². The molecule has 1 heterocycles. The van der Waals surface area contributed by atoms with Crippen LogP contribution in [0, 0.1) is 5.92 Å². The molecular formula is C17H23NO4S2. The summed E-state index contributed by atoms with van der Waals surface area (Å²) in [6.07, 6.45) is 0. The quantitative estimate of drug-likeness (QED) is 0.613. The maximum Gasteiger partial charge on any atom is 0.334 e. The van der Waals surface area contributed by atoms with Crippen molar-refractivity contribution < 1.29 is 19.1 Å². The molecule has 0 spiro atoms. The van der Waals surface area contributed by atoms with E-state index >= 15 is 0 Å². The molecule has 1 aromatic carbocycles. The largest absolute Gasteiger partial charge is 0.493 e. The number of rotatable bonds is 6. The van der Waals surface area contributed by atoms with E-state index < -0.39 is 12.0 Å². The highest BCUT2D eigenvalue weighted by Crippen LogP contribution is 2.46. The maximum atomic E-state index is 12.4. The molecule has 1 amide bonds. The van der Waals surface area contributed by atoms with Gasteiger partial charge in [0, 0.05) is 18.4 Å². The summed E-state index contributed by atoms with van der Waals surface area (Å²) in [5.41, 5.74) is 1.15. The smallest absolute Gasteiger partial charge is 0.334 e. The highest BCUT2D eigenvalue weighted by molar-refractivity contribution is 8.19. The minimum atomic E-state index is -0.687. The van der Waals surface area contributed by atoms with Crippen LogP contribution in [-0.2, 0) is 9.59 Å². The van der Waals surface area contributed by atoms with Crippen LogP contribution in [0.4, 0.5) is 0 Å². The predicted molar refractivity (Wildman–Crippen MR) is 98.7 cm³/mol. The second-order valence-corrected chi connectivity index (χ2v) is 8.55. The zero-order chi connectivity index (χ0) is 17.7. The van der Waals surface area contributed by atoms with E-state index in [4.69, 9.17) is 9.47 Å². The number of ether oxygens (including phenoxy) is 2. The number of carbonyl (C=O) groups excluding carboxylic acids is 2. The summed E-state index contributed by atoms with van der Waals surface area (Å²) in [6.45, 7) is 5.10. The standard InChI is InChI=1S/C17H23NO4S2/c1-10(2)15(18-11(3)19)16(20)22-13-6-5-12(9-14(13)21-4)17-23-7-8-24-17/h5-6,9-10,15,17H,7-8H2,1-4H3,(H,18,19)/t15-/m1/s1. The Morgan fingerprint density at radius 2 is 1.88 bits per heavy atom. The van der Waals surface area contributed by atoms with Crippen LogP contribution in [0.25, 0.3) is 0 Å². The molecule has 1 aliphatic heterocycles. The first-order valence-corrected chi connectivity index (χ1v) is 9.92. The Hall–Kier alpha value is -1.34. The minimum absolute atomic E-state index is 0.0713.